The standard InChI is InChI=1S/C12H14ClNO3/c1-12(17)4-5-14(7-12)11(16)9-3-2-8(13)6-10(9)15/h2-3,6,15,17H,4-5,7H2,1H3. The van der Waals surface area contributed by atoms with Gasteiger partial charge in [-0.25, -0.2) is 0 Å². The van der Waals surface area contributed by atoms with Crippen molar-refractivity contribution in [3.05, 3.63) is 28.8 Å². The van der Waals surface area contributed by atoms with Crippen LogP contribution in [0.2, 0.25) is 5.02 Å². The number of aliphatic hydroxyl groups is 1. The fourth-order valence-corrected chi connectivity index (χ4v) is 2.14. The minimum atomic E-state index is -0.836. The Balaban J connectivity index is 2.21. The lowest BCUT2D eigenvalue weighted by Crippen LogP contribution is -2.33. The van der Waals surface area contributed by atoms with E-state index in [1.54, 1.807) is 13.0 Å². The molecule has 2 N–H and O–H groups in total. The van der Waals surface area contributed by atoms with Crippen LogP contribution >= 0.6 is 11.6 Å². The molecular weight excluding hydrogens is 242 g/mol. The number of hydrogen-bond donors (Lipinski definition) is 2. The van der Waals surface area contributed by atoms with Gasteiger partial charge in [-0.15, -0.1) is 0 Å². The molecule has 1 unspecified atom stereocenters. The molecule has 1 saturated heterocycles. The molecule has 0 bridgehead atoms. The van der Waals surface area contributed by atoms with Crippen LogP contribution in [-0.4, -0.2) is 39.7 Å². The molecule has 0 spiro atoms. The highest BCUT2D eigenvalue weighted by Gasteiger charge is 2.34. The van der Waals surface area contributed by atoms with Gasteiger partial charge in [0.05, 0.1) is 11.2 Å². The van der Waals surface area contributed by atoms with Gasteiger partial charge in [0.25, 0.3) is 5.91 Å². The molecule has 0 aliphatic carbocycles. The highest BCUT2D eigenvalue weighted by molar-refractivity contribution is 6.30. The maximum absolute atomic E-state index is 12.1. The number of carbonyl (C=O) groups excluding carboxylic acids is 1. The van der Waals surface area contributed by atoms with E-state index in [-0.39, 0.29) is 23.8 Å². The van der Waals surface area contributed by atoms with Gasteiger partial charge in [-0.05, 0) is 31.5 Å². The van der Waals surface area contributed by atoms with Gasteiger partial charge in [-0.3, -0.25) is 4.79 Å². The van der Waals surface area contributed by atoms with Crippen LogP contribution in [0.5, 0.6) is 5.75 Å². The van der Waals surface area contributed by atoms with Crippen LogP contribution in [-0.2, 0) is 0 Å². The first-order valence-corrected chi connectivity index (χ1v) is 5.77. The van der Waals surface area contributed by atoms with E-state index < -0.39 is 5.60 Å². The first-order valence-electron chi connectivity index (χ1n) is 5.39. The number of phenolic OH excluding ortho intramolecular Hbond substituents is 1. The third-order valence-electron chi connectivity index (χ3n) is 2.93. The number of halogens is 1. The summed E-state index contributed by atoms with van der Waals surface area (Å²) in [4.78, 5) is 13.6. The lowest BCUT2D eigenvalue weighted by Gasteiger charge is -2.19. The van der Waals surface area contributed by atoms with Gasteiger partial charge in [0.2, 0.25) is 0 Å². The van der Waals surface area contributed by atoms with Crippen LogP contribution in [0.25, 0.3) is 0 Å². The predicted octanol–water partition coefficient (Wildman–Crippen LogP) is 1.64. The molecule has 0 radical (unpaired) electrons. The predicted molar refractivity (Wildman–Crippen MR) is 64.3 cm³/mol. The Labute approximate surface area is 104 Å². The highest BCUT2D eigenvalue weighted by Crippen LogP contribution is 2.27. The van der Waals surface area contributed by atoms with E-state index >= 15 is 0 Å². The molecule has 1 aromatic carbocycles. The average Bonchev–Trinajstić information content (AvgIpc) is 2.58. The second-order valence-corrected chi connectivity index (χ2v) is 5.07. The number of hydrogen-bond acceptors (Lipinski definition) is 3. The third kappa shape index (κ3) is 2.53. The molecule has 17 heavy (non-hydrogen) atoms. The van der Waals surface area contributed by atoms with Crippen molar-refractivity contribution in [2.24, 2.45) is 0 Å². The molecule has 1 atom stereocenters. The summed E-state index contributed by atoms with van der Waals surface area (Å²) in [6.07, 6.45) is 0.549. The van der Waals surface area contributed by atoms with Crippen molar-refractivity contribution in [1.82, 2.24) is 4.90 Å². The number of aromatic hydroxyl groups is 1. The summed E-state index contributed by atoms with van der Waals surface area (Å²) >= 11 is 5.70. The molecule has 1 aliphatic heterocycles. The molecule has 0 aromatic heterocycles. The number of carbonyl (C=O) groups is 1. The van der Waals surface area contributed by atoms with Gasteiger partial charge in [-0.2, -0.15) is 0 Å². The van der Waals surface area contributed by atoms with Crippen LogP contribution in [0, 0.1) is 0 Å². The second kappa shape index (κ2) is 4.20. The highest BCUT2D eigenvalue weighted by atomic mass is 35.5. The zero-order valence-corrected chi connectivity index (χ0v) is 10.2. The zero-order valence-electron chi connectivity index (χ0n) is 9.48. The third-order valence-corrected chi connectivity index (χ3v) is 3.16. The van der Waals surface area contributed by atoms with E-state index in [2.05, 4.69) is 0 Å². The fraction of sp³-hybridized carbons (Fsp3) is 0.417. The number of rotatable bonds is 1. The maximum atomic E-state index is 12.1. The van der Waals surface area contributed by atoms with Crippen LogP contribution < -0.4 is 0 Å². The van der Waals surface area contributed by atoms with Gasteiger partial charge in [-0.1, -0.05) is 11.6 Å². The van der Waals surface area contributed by atoms with E-state index in [0.717, 1.165) is 0 Å². The number of phenols is 1. The molecule has 1 amide bonds. The summed E-state index contributed by atoms with van der Waals surface area (Å²) in [6, 6.07) is 4.39. The molecule has 1 aliphatic rings. The normalized spacial score (nSPS) is 24.1. The van der Waals surface area contributed by atoms with E-state index in [0.29, 0.717) is 18.0 Å². The summed E-state index contributed by atoms with van der Waals surface area (Å²) in [5.41, 5.74) is -0.621. The summed E-state index contributed by atoms with van der Waals surface area (Å²) in [5, 5.41) is 19.8. The summed E-state index contributed by atoms with van der Waals surface area (Å²) in [6.45, 7) is 2.48. The molecular formula is C12H14ClNO3. The number of amides is 1. The second-order valence-electron chi connectivity index (χ2n) is 4.64. The lowest BCUT2D eigenvalue weighted by molar-refractivity contribution is 0.0570. The zero-order chi connectivity index (χ0) is 12.6. The van der Waals surface area contributed by atoms with Crippen molar-refractivity contribution in [1.29, 1.82) is 0 Å². The summed E-state index contributed by atoms with van der Waals surface area (Å²) in [7, 11) is 0. The van der Waals surface area contributed by atoms with Crippen LogP contribution in [0.15, 0.2) is 18.2 Å². The molecule has 5 heteroatoms. The average molecular weight is 256 g/mol. The van der Waals surface area contributed by atoms with Gasteiger partial charge in [0.15, 0.2) is 0 Å². The Morgan fingerprint density at radius 3 is 2.76 bits per heavy atom. The quantitative estimate of drug-likeness (QED) is 0.802. The first-order chi connectivity index (χ1) is 7.89. The van der Waals surface area contributed by atoms with Crippen molar-refractivity contribution in [2.45, 2.75) is 18.9 Å². The van der Waals surface area contributed by atoms with E-state index in [1.165, 1.54) is 17.0 Å². The van der Waals surface area contributed by atoms with Crippen LogP contribution in [0.4, 0.5) is 0 Å². The lowest BCUT2D eigenvalue weighted by atomic mass is 10.1. The largest absolute Gasteiger partial charge is 0.507 e. The Morgan fingerprint density at radius 1 is 1.53 bits per heavy atom. The van der Waals surface area contributed by atoms with Gasteiger partial charge in [0, 0.05) is 18.1 Å². The minimum absolute atomic E-state index is 0.131. The Kier molecular flexibility index (Phi) is 3.02. The van der Waals surface area contributed by atoms with Crippen molar-refractivity contribution in [2.75, 3.05) is 13.1 Å². The number of likely N-dealkylation sites (tertiary alicyclic amines) is 1. The van der Waals surface area contributed by atoms with Crippen LogP contribution in [0.3, 0.4) is 0 Å². The van der Waals surface area contributed by atoms with E-state index in [9.17, 15) is 15.0 Å². The van der Waals surface area contributed by atoms with E-state index in [1.807, 2.05) is 0 Å². The van der Waals surface area contributed by atoms with Crippen molar-refractivity contribution < 1.29 is 15.0 Å². The monoisotopic (exact) mass is 255 g/mol. The van der Waals surface area contributed by atoms with Crippen molar-refractivity contribution in [3.63, 3.8) is 0 Å². The fourth-order valence-electron chi connectivity index (χ4n) is 1.97. The molecule has 2 rings (SSSR count). The summed E-state index contributed by atoms with van der Waals surface area (Å²) in [5.74, 6) is -0.411. The Morgan fingerprint density at radius 2 is 2.24 bits per heavy atom. The molecule has 1 aromatic rings. The molecule has 92 valence electrons. The minimum Gasteiger partial charge on any atom is -0.507 e. The number of nitrogens with zero attached hydrogens (tertiary/aromatic N) is 1. The summed E-state index contributed by atoms with van der Waals surface area (Å²) < 4.78 is 0. The molecule has 0 saturated carbocycles. The van der Waals surface area contributed by atoms with Crippen LogP contribution in [0.1, 0.15) is 23.7 Å². The van der Waals surface area contributed by atoms with Gasteiger partial charge >= 0.3 is 0 Å². The van der Waals surface area contributed by atoms with Gasteiger partial charge in [0.1, 0.15) is 5.75 Å². The van der Waals surface area contributed by atoms with Crippen molar-refractivity contribution >= 4 is 17.5 Å². The number of β-amino-alcohol motifs (C(OH)–C–C–N with tert-alkyl or cyclic N) is 1. The smallest absolute Gasteiger partial charge is 0.257 e. The SMILES string of the molecule is CC1(O)CCN(C(=O)c2ccc(Cl)cc2O)C1. The van der Waals surface area contributed by atoms with E-state index in [4.69, 9.17) is 11.6 Å². The molecule has 1 heterocycles. The maximum Gasteiger partial charge on any atom is 0.257 e. The Bertz CT molecular complexity index is 459. The molecule has 1 fully saturated rings. The molecule has 4 nitrogen and oxygen atoms in total. The number of benzene rings is 1. The topological polar surface area (TPSA) is 60.8 Å². The van der Waals surface area contributed by atoms with Crippen molar-refractivity contribution in [3.8, 4) is 5.75 Å². The van der Waals surface area contributed by atoms with Gasteiger partial charge < -0.3 is 15.1 Å². The Hall–Kier alpha value is -1.26. The first kappa shape index (κ1) is 12.2.